The number of ketones is 1. The second kappa shape index (κ2) is 7.26. The van der Waals surface area contributed by atoms with E-state index in [1.165, 1.54) is 6.42 Å². The van der Waals surface area contributed by atoms with Gasteiger partial charge in [-0.15, -0.1) is 0 Å². The molecule has 2 heterocycles. The van der Waals surface area contributed by atoms with Gasteiger partial charge in [-0.1, -0.05) is 19.3 Å². The topological polar surface area (TPSA) is 74.3 Å². The molecule has 6 nitrogen and oxygen atoms in total. The van der Waals surface area contributed by atoms with E-state index >= 15 is 0 Å². The third-order valence-corrected chi connectivity index (χ3v) is 4.15. The highest BCUT2D eigenvalue weighted by molar-refractivity contribution is 5.90. The third-order valence-electron chi connectivity index (χ3n) is 4.15. The Morgan fingerprint density at radius 1 is 1.26 bits per heavy atom. The maximum absolute atomic E-state index is 12.0. The number of ether oxygens (including phenoxy) is 1. The van der Waals surface area contributed by atoms with Gasteiger partial charge in [0.2, 0.25) is 5.76 Å². The van der Waals surface area contributed by atoms with Gasteiger partial charge in [0, 0.05) is 18.3 Å². The van der Waals surface area contributed by atoms with E-state index in [4.69, 9.17) is 9.15 Å². The second-order valence-corrected chi connectivity index (χ2v) is 5.85. The van der Waals surface area contributed by atoms with Gasteiger partial charge in [0.1, 0.15) is 5.76 Å². The Hall–Kier alpha value is -2.37. The predicted molar refractivity (Wildman–Crippen MR) is 81.9 cm³/mol. The first-order valence-corrected chi connectivity index (χ1v) is 7.98. The summed E-state index contributed by atoms with van der Waals surface area (Å²) in [6.07, 6.45) is 8.66. The lowest BCUT2D eigenvalue weighted by Gasteiger charge is -2.19. The fourth-order valence-electron chi connectivity index (χ4n) is 2.88. The number of furan rings is 1. The number of aromatic nitrogens is 2. The smallest absolute Gasteiger partial charge is 0.374 e. The predicted octanol–water partition coefficient (Wildman–Crippen LogP) is 2.83. The van der Waals surface area contributed by atoms with Crippen molar-refractivity contribution >= 4 is 11.8 Å². The molecule has 0 spiro atoms. The Balaban J connectivity index is 1.50. The van der Waals surface area contributed by atoms with Gasteiger partial charge in [-0.2, -0.15) is 5.10 Å². The molecule has 0 aromatic carbocycles. The Morgan fingerprint density at radius 2 is 2.09 bits per heavy atom. The monoisotopic (exact) mass is 316 g/mol. The molecule has 1 fully saturated rings. The lowest BCUT2D eigenvalue weighted by molar-refractivity contribution is -0.127. The molecular weight excluding hydrogens is 296 g/mol. The van der Waals surface area contributed by atoms with Crippen molar-refractivity contribution in [1.29, 1.82) is 0 Å². The molecule has 1 saturated carbocycles. The van der Waals surface area contributed by atoms with Crippen molar-refractivity contribution in [2.24, 2.45) is 5.92 Å². The average molecular weight is 316 g/mol. The number of esters is 1. The van der Waals surface area contributed by atoms with Gasteiger partial charge in [0.25, 0.3) is 0 Å². The molecule has 0 N–H and O–H groups in total. The number of Topliss-reactive ketones (excluding diaryl/α,β-unsaturated/α-hetero) is 1. The SMILES string of the molecule is O=C(OCC(=O)C1CCCCC1)c1ccc(Cn2cccn2)o1. The Bertz CT molecular complexity index is 654. The molecule has 1 aliphatic rings. The van der Waals surface area contributed by atoms with E-state index in [-0.39, 0.29) is 24.1 Å². The van der Waals surface area contributed by atoms with Crippen LogP contribution in [-0.4, -0.2) is 28.1 Å². The Morgan fingerprint density at radius 3 is 2.83 bits per heavy atom. The summed E-state index contributed by atoms with van der Waals surface area (Å²) in [5.41, 5.74) is 0. The molecule has 1 aliphatic carbocycles. The van der Waals surface area contributed by atoms with Crippen LogP contribution < -0.4 is 0 Å². The van der Waals surface area contributed by atoms with Crippen LogP contribution in [0, 0.1) is 5.92 Å². The van der Waals surface area contributed by atoms with Crippen molar-refractivity contribution in [2.45, 2.75) is 38.6 Å². The molecule has 23 heavy (non-hydrogen) atoms. The van der Waals surface area contributed by atoms with E-state index in [1.807, 2.05) is 12.3 Å². The molecule has 0 saturated heterocycles. The summed E-state index contributed by atoms with van der Waals surface area (Å²) >= 11 is 0. The lowest BCUT2D eigenvalue weighted by atomic mass is 9.86. The highest BCUT2D eigenvalue weighted by atomic mass is 16.5. The van der Waals surface area contributed by atoms with Crippen LogP contribution in [0.2, 0.25) is 0 Å². The summed E-state index contributed by atoms with van der Waals surface area (Å²) in [6.45, 7) is 0.278. The second-order valence-electron chi connectivity index (χ2n) is 5.85. The quantitative estimate of drug-likeness (QED) is 0.766. The largest absolute Gasteiger partial charge is 0.452 e. The summed E-state index contributed by atoms with van der Waals surface area (Å²) in [6, 6.07) is 5.09. The van der Waals surface area contributed by atoms with E-state index in [1.54, 1.807) is 23.0 Å². The van der Waals surface area contributed by atoms with Gasteiger partial charge >= 0.3 is 5.97 Å². The van der Waals surface area contributed by atoms with Gasteiger partial charge in [0.05, 0.1) is 6.54 Å². The van der Waals surface area contributed by atoms with Crippen LogP contribution in [0.15, 0.2) is 35.0 Å². The van der Waals surface area contributed by atoms with Crippen molar-refractivity contribution in [3.63, 3.8) is 0 Å². The summed E-state index contributed by atoms with van der Waals surface area (Å²) in [5, 5.41) is 4.07. The molecule has 2 aromatic rings. The minimum atomic E-state index is -0.596. The molecule has 6 heteroatoms. The first kappa shape index (κ1) is 15.5. The van der Waals surface area contributed by atoms with E-state index in [0.717, 1.165) is 25.7 Å². The van der Waals surface area contributed by atoms with Crippen molar-refractivity contribution < 1.29 is 18.7 Å². The molecule has 3 rings (SSSR count). The lowest BCUT2D eigenvalue weighted by Crippen LogP contribution is -2.23. The number of carbonyl (C=O) groups is 2. The highest BCUT2D eigenvalue weighted by Crippen LogP contribution is 2.24. The minimum absolute atomic E-state index is 0.0152. The van der Waals surface area contributed by atoms with Crippen LogP contribution in [-0.2, 0) is 16.1 Å². The fourth-order valence-corrected chi connectivity index (χ4v) is 2.88. The Labute approximate surface area is 134 Å². The number of rotatable bonds is 6. The summed E-state index contributed by atoms with van der Waals surface area (Å²) in [7, 11) is 0. The summed E-state index contributed by atoms with van der Waals surface area (Å²) < 4.78 is 12.2. The van der Waals surface area contributed by atoms with E-state index < -0.39 is 5.97 Å². The molecular formula is C17H20N2O4. The normalized spacial score (nSPS) is 15.5. The molecule has 122 valence electrons. The number of hydrogen-bond acceptors (Lipinski definition) is 5. The number of carbonyl (C=O) groups excluding carboxylic acids is 2. The highest BCUT2D eigenvalue weighted by Gasteiger charge is 2.23. The number of nitrogens with zero attached hydrogens (tertiary/aromatic N) is 2. The molecule has 0 aliphatic heterocycles. The Kier molecular flexibility index (Phi) is 4.90. The van der Waals surface area contributed by atoms with E-state index in [9.17, 15) is 9.59 Å². The number of hydrogen-bond donors (Lipinski definition) is 0. The van der Waals surface area contributed by atoms with Crippen LogP contribution in [0.25, 0.3) is 0 Å². The fraction of sp³-hybridized carbons (Fsp3) is 0.471. The molecule has 0 amide bonds. The molecule has 2 aromatic heterocycles. The standard InChI is InChI=1S/C17H20N2O4/c20-15(13-5-2-1-3-6-13)12-22-17(21)16-8-7-14(23-16)11-19-10-4-9-18-19/h4,7-10,13H,1-3,5-6,11-12H2. The van der Waals surface area contributed by atoms with Gasteiger partial charge in [-0.3, -0.25) is 9.48 Å². The minimum Gasteiger partial charge on any atom is -0.452 e. The van der Waals surface area contributed by atoms with Crippen LogP contribution >= 0.6 is 0 Å². The molecule has 0 radical (unpaired) electrons. The summed E-state index contributed by atoms with van der Waals surface area (Å²) in [5.74, 6) is 0.189. The van der Waals surface area contributed by atoms with Crippen molar-refractivity contribution in [2.75, 3.05) is 6.61 Å². The zero-order valence-corrected chi connectivity index (χ0v) is 12.9. The van der Waals surface area contributed by atoms with Crippen molar-refractivity contribution in [3.8, 4) is 0 Å². The van der Waals surface area contributed by atoms with Gasteiger partial charge in [0.15, 0.2) is 12.4 Å². The maximum atomic E-state index is 12.0. The van der Waals surface area contributed by atoms with E-state index in [0.29, 0.717) is 12.3 Å². The van der Waals surface area contributed by atoms with Crippen molar-refractivity contribution in [3.05, 3.63) is 42.1 Å². The van der Waals surface area contributed by atoms with Crippen molar-refractivity contribution in [1.82, 2.24) is 9.78 Å². The van der Waals surface area contributed by atoms with Crippen LogP contribution in [0.5, 0.6) is 0 Å². The van der Waals surface area contributed by atoms with Gasteiger partial charge < -0.3 is 9.15 Å². The third kappa shape index (κ3) is 4.09. The zero-order valence-electron chi connectivity index (χ0n) is 12.9. The zero-order chi connectivity index (χ0) is 16.1. The average Bonchev–Trinajstić information content (AvgIpc) is 3.25. The van der Waals surface area contributed by atoms with Gasteiger partial charge in [-0.05, 0) is 31.0 Å². The molecule has 0 atom stereocenters. The maximum Gasteiger partial charge on any atom is 0.374 e. The van der Waals surface area contributed by atoms with E-state index in [2.05, 4.69) is 5.10 Å². The molecule has 0 bridgehead atoms. The van der Waals surface area contributed by atoms with Gasteiger partial charge in [-0.25, -0.2) is 4.79 Å². The van der Waals surface area contributed by atoms with Crippen LogP contribution in [0.4, 0.5) is 0 Å². The van der Waals surface area contributed by atoms with Crippen LogP contribution in [0.1, 0.15) is 48.4 Å². The first-order chi connectivity index (χ1) is 11.2. The summed E-state index contributed by atoms with van der Waals surface area (Å²) in [4.78, 5) is 24.0. The first-order valence-electron chi connectivity index (χ1n) is 7.98. The van der Waals surface area contributed by atoms with Crippen LogP contribution in [0.3, 0.4) is 0 Å². The molecule has 0 unspecified atom stereocenters.